The van der Waals surface area contributed by atoms with Crippen molar-refractivity contribution < 1.29 is 9.53 Å². The van der Waals surface area contributed by atoms with Crippen LogP contribution in [0.3, 0.4) is 0 Å². The van der Waals surface area contributed by atoms with Crippen molar-refractivity contribution in [3.63, 3.8) is 0 Å². The van der Waals surface area contributed by atoms with Crippen molar-refractivity contribution in [1.82, 2.24) is 19.2 Å². The maximum atomic E-state index is 13.0. The molecule has 0 atom stereocenters. The minimum atomic E-state index is -0.497. The summed E-state index contributed by atoms with van der Waals surface area (Å²) in [5.74, 6) is -0.497. The maximum absolute atomic E-state index is 13.0. The second kappa shape index (κ2) is 6.92. The molecule has 0 bridgehead atoms. The molecule has 0 aliphatic heterocycles. The molecule has 0 saturated heterocycles. The number of esters is 1. The molecule has 7 nitrogen and oxygen atoms in total. The average molecular weight is 417 g/mol. The third-order valence-electron chi connectivity index (χ3n) is 4.29. The number of aromatic nitrogens is 4. The number of benzene rings is 1. The Morgan fingerprint density at radius 3 is 2.61 bits per heavy atom. The first-order valence-corrected chi connectivity index (χ1v) is 9.19. The quantitative estimate of drug-likeness (QED) is 0.474. The van der Waals surface area contributed by atoms with E-state index in [2.05, 4.69) is 10.1 Å². The van der Waals surface area contributed by atoms with Crippen LogP contribution in [0.15, 0.2) is 41.5 Å². The van der Waals surface area contributed by atoms with Gasteiger partial charge in [0.15, 0.2) is 5.65 Å². The van der Waals surface area contributed by atoms with Gasteiger partial charge in [-0.25, -0.2) is 14.3 Å². The monoisotopic (exact) mass is 416 g/mol. The summed E-state index contributed by atoms with van der Waals surface area (Å²) in [6.07, 6.45) is 3.03. The number of ether oxygens (including phenoxy) is 1. The number of nitrogens with zero attached hydrogens (tertiary/aromatic N) is 4. The van der Waals surface area contributed by atoms with Crippen LogP contribution in [0.25, 0.3) is 22.2 Å². The SMILES string of the molecule is CCOC(=O)c1c(C)nn2c1ncc1c(=O)n(-c3cc(Cl)cc(Cl)c3)ccc12. The highest BCUT2D eigenvalue weighted by molar-refractivity contribution is 6.34. The summed E-state index contributed by atoms with van der Waals surface area (Å²) >= 11 is 12.1. The van der Waals surface area contributed by atoms with Crippen LogP contribution in [-0.2, 0) is 4.74 Å². The van der Waals surface area contributed by atoms with E-state index in [-0.39, 0.29) is 17.7 Å². The van der Waals surface area contributed by atoms with E-state index in [1.807, 2.05) is 0 Å². The summed E-state index contributed by atoms with van der Waals surface area (Å²) in [7, 11) is 0. The molecule has 3 aromatic heterocycles. The Labute approximate surface area is 169 Å². The fourth-order valence-corrected chi connectivity index (χ4v) is 3.61. The van der Waals surface area contributed by atoms with Gasteiger partial charge in [0.2, 0.25) is 0 Å². The molecule has 9 heteroatoms. The number of hydrogen-bond donors (Lipinski definition) is 0. The first-order valence-electron chi connectivity index (χ1n) is 8.44. The molecule has 4 aromatic rings. The Morgan fingerprint density at radius 2 is 1.93 bits per heavy atom. The minimum Gasteiger partial charge on any atom is -0.462 e. The number of aryl methyl sites for hydroxylation is 1. The Bertz CT molecular complexity index is 1290. The zero-order chi connectivity index (χ0) is 20.0. The van der Waals surface area contributed by atoms with Crippen molar-refractivity contribution in [1.29, 1.82) is 0 Å². The highest BCUT2D eigenvalue weighted by Crippen LogP contribution is 2.23. The van der Waals surface area contributed by atoms with Gasteiger partial charge in [0.25, 0.3) is 5.56 Å². The molecule has 3 heterocycles. The third kappa shape index (κ3) is 2.93. The lowest BCUT2D eigenvalue weighted by molar-refractivity contribution is 0.0527. The van der Waals surface area contributed by atoms with Crippen LogP contribution in [0.4, 0.5) is 0 Å². The van der Waals surface area contributed by atoms with Crippen molar-refractivity contribution in [2.45, 2.75) is 13.8 Å². The molecule has 0 radical (unpaired) electrons. The lowest BCUT2D eigenvalue weighted by Crippen LogP contribution is -2.19. The summed E-state index contributed by atoms with van der Waals surface area (Å²) in [6, 6.07) is 6.60. The molecule has 28 heavy (non-hydrogen) atoms. The van der Waals surface area contributed by atoms with E-state index in [4.69, 9.17) is 27.9 Å². The van der Waals surface area contributed by atoms with Crippen molar-refractivity contribution in [3.8, 4) is 5.69 Å². The summed E-state index contributed by atoms with van der Waals surface area (Å²) in [4.78, 5) is 29.6. The van der Waals surface area contributed by atoms with E-state index < -0.39 is 5.97 Å². The summed E-state index contributed by atoms with van der Waals surface area (Å²) in [6.45, 7) is 3.67. The number of rotatable bonds is 3. The largest absolute Gasteiger partial charge is 0.462 e. The molecule has 1 aromatic carbocycles. The fourth-order valence-electron chi connectivity index (χ4n) is 3.10. The van der Waals surface area contributed by atoms with Crippen LogP contribution in [0, 0.1) is 6.92 Å². The molecule has 0 fully saturated rings. The number of carbonyl (C=O) groups excluding carboxylic acids is 1. The lowest BCUT2D eigenvalue weighted by Gasteiger charge is -2.09. The first-order chi connectivity index (χ1) is 13.4. The molecule has 4 rings (SSSR count). The molecule has 0 unspecified atom stereocenters. The molecule has 0 saturated carbocycles. The number of pyridine rings is 1. The van der Waals surface area contributed by atoms with Gasteiger partial charge in [-0.1, -0.05) is 23.2 Å². The zero-order valence-electron chi connectivity index (χ0n) is 14.9. The predicted octanol–water partition coefficient (Wildman–Crippen LogP) is 3.83. The Morgan fingerprint density at radius 1 is 1.21 bits per heavy atom. The topological polar surface area (TPSA) is 78.5 Å². The Balaban J connectivity index is 1.97. The third-order valence-corrected chi connectivity index (χ3v) is 4.73. The molecule has 0 N–H and O–H groups in total. The predicted molar refractivity (Wildman–Crippen MR) is 107 cm³/mol. The van der Waals surface area contributed by atoms with Crippen molar-refractivity contribution in [2.75, 3.05) is 6.61 Å². The van der Waals surface area contributed by atoms with Crippen LogP contribution in [-0.4, -0.2) is 31.7 Å². The molecule has 0 aliphatic carbocycles. The number of hydrogen-bond acceptors (Lipinski definition) is 5. The van der Waals surface area contributed by atoms with Crippen LogP contribution in [0.5, 0.6) is 0 Å². The van der Waals surface area contributed by atoms with Crippen LogP contribution >= 0.6 is 23.2 Å². The van der Waals surface area contributed by atoms with Gasteiger partial charge in [0.05, 0.1) is 28.9 Å². The average Bonchev–Trinajstić information content (AvgIpc) is 2.97. The molecule has 0 amide bonds. The van der Waals surface area contributed by atoms with E-state index in [9.17, 15) is 9.59 Å². The summed E-state index contributed by atoms with van der Waals surface area (Å²) < 4.78 is 7.99. The molecule has 142 valence electrons. The normalized spacial score (nSPS) is 11.3. The highest BCUT2D eigenvalue weighted by Gasteiger charge is 2.21. The van der Waals surface area contributed by atoms with Gasteiger partial charge in [-0.05, 0) is 38.1 Å². The van der Waals surface area contributed by atoms with Crippen molar-refractivity contribution in [2.24, 2.45) is 0 Å². The number of halogens is 2. The van der Waals surface area contributed by atoms with E-state index in [0.717, 1.165) is 0 Å². The van der Waals surface area contributed by atoms with Crippen LogP contribution in [0.2, 0.25) is 10.0 Å². The Kier molecular flexibility index (Phi) is 4.56. The Hall–Kier alpha value is -2.90. The highest BCUT2D eigenvalue weighted by atomic mass is 35.5. The number of fused-ring (bicyclic) bond motifs is 3. The second-order valence-corrected chi connectivity index (χ2v) is 6.96. The standard InChI is InChI=1S/C19H14Cl2N4O3/c1-3-28-19(27)16-10(2)23-25-15-4-5-24(13-7-11(20)6-12(21)8-13)18(26)14(15)9-22-17(16)25/h4-9H,3H2,1-2H3. The van der Waals surface area contributed by atoms with Gasteiger partial charge in [-0.15, -0.1) is 0 Å². The summed E-state index contributed by atoms with van der Waals surface area (Å²) in [5, 5.41) is 5.56. The maximum Gasteiger partial charge on any atom is 0.343 e. The van der Waals surface area contributed by atoms with Gasteiger partial charge in [0.1, 0.15) is 5.56 Å². The van der Waals surface area contributed by atoms with Gasteiger partial charge in [-0.2, -0.15) is 5.10 Å². The van der Waals surface area contributed by atoms with E-state index >= 15 is 0 Å². The minimum absolute atomic E-state index is 0.246. The lowest BCUT2D eigenvalue weighted by atomic mass is 10.2. The van der Waals surface area contributed by atoms with E-state index in [0.29, 0.717) is 38.0 Å². The van der Waals surface area contributed by atoms with Gasteiger partial charge in [0, 0.05) is 22.4 Å². The van der Waals surface area contributed by atoms with E-state index in [1.165, 1.54) is 15.3 Å². The zero-order valence-corrected chi connectivity index (χ0v) is 16.5. The molecular weight excluding hydrogens is 403 g/mol. The smallest absolute Gasteiger partial charge is 0.343 e. The molecule has 0 aliphatic rings. The van der Waals surface area contributed by atoms with Crippen molar-refractivity contribution >= 4 is 45.7 Å². The van der Waals surface area contributed by atoms with Crippen LogP contribution < -0.4 is 5.56 Å². The van der Waals surface area contributed by atoms with Gasteiger partial charge >= 0.3 is 5.97 Å². The second-order valence-electron chi connectivity index (χ2n) is 6.09. The van der Waals surface area contributed by atoms with Gasteiger partial charge in [-0.3, -0.25) is 9.36 Å². The van der Waals surface area contributed by atoms with E-state index in [1.54, 1.807) is 44.3 Å². The molecule has 0 spiro atoms. The van der Waals surface area contributed by atoms with Crippen molar-refractivity contribution in [3.05, 3.63) is 68.3 Å². The molecular formula is C19H14Cl2N4O3. The first kappa shape index (κ1) is 18.5. The van der Waals surface area contributed by atoms with Crippen LogP contribution in [0.1, 0.15) is 23.0 Å². The summed E-state index contributed by atoms with van der Waals surface area (Å²) in [5.41, 5.74) is 1.85. The number of carbonyl (C=O) groups is 1. The fraction of sp³-hybridized carbons (Fsp3) is 0.158. The van der Waals surface area contributed by atoms with Gasteiger partial charge < -0.3 is 4.74 Å².